The molecular weight excluding hydrogens is 240 g/mol. The maximum Gasteiger partial charge on any atom is 0.337 e. The minimum absolute atomic E-state index is 0.0256. The molecule has 0 heterocycles. The first-order chi connectivity index (χ1) is 8.51. The van der Waals surface area contributed by atoms with Crippen LogP contribution in [0.2, 0.25) is 0 Å². The van der Waals surface area contributed by atoms with Crippen LogP contribution >= 0.6 is 0 Å². The van der Waals surface area contributed by atoms with E-state index in [1.54, 1.807) is 13.8 Å². The highest BCUT2D eigenvalue weighted by atomic mass is 16.5. The van der Waals surface area contributed by atoms with Gasteiger partial charge in [-0.1, -0.05) is 0 Å². The van der Waals surface area contributed by atoms with Gasteiger partial charge in [0.15, 0.2) is 0 Å². The van der Waals surface area contributed by atoms with E-state index in [4.69, 9.17) is 9.47 Å². The summed E-state index contributed by atoms with van der Waals surface area (Å²) in [5.74, 6) is -1.92. The van der Waals surface area contributed by atoms with Gasteiger partial charge in [-0.3, -0.25) is 0 Å². The average Bonchev–Trinajstić information content (AvgIpc) is 2.32. The summed E-state index contributed by atoms with van der Waals surface area (Å²) in [7, 11) is 0. The number of rotatable bonds is 4. The van der Waals surface area contributed by atoms with E-state index >= 15 is 0 Å². The van der Waals surface area contributed by atoms with Gasteiger partial charge in [0.1, 0.15) is 11.5 Å². The van der Waals surface area contributed by atoms with E-state index in [-0.39, 0.29) is 48.7 Å². The van der Waals surface area contributed by atoms with Crippen molar-refractivity contribution in [2.45, 2.75) is 26.7 Å². The summed E-state index contributed by atoms with van der Waals surface area (Å²) in [5.41, 5.74) is -0.0511. The van der Waals surface area contributed by atoms with Crippen molar-refractivity contribution in [3.05, 3.63) is 22.7 Å². The van der Waals surface area contributed by atoms with Crippen molar-refractivity contribution in [2.24, 2.45) is 0 Å². The van der Waals surface area contributed by atoms with Crippen LogP contribution in [0.5, 0.6) is 0 Å². The van der Waals surface area contributed by atoms with E-state index < -0.39 is 11.9 Å². The van der Waals surface area contributed by atoms with Crippen LogP contribution in [-0.2, 0) is 19.1 Å². The topological polar surface area (TPSA) is 93.1 Å². The number of carbonyl (C=O) groups excluding carboxylic acids is 2. The van der Waals surface area contributed by atoms with Gasteiger partial charge in [-0.25, -0.2) is 9.59 Å². The van der Waals surface area contributed by atoms with E-state index in [0.29, 0.717) is 0 Å². The molecule has 0 aromatic heterocycles. The zero-order valence-corrected chi connectivity index (χ0v) is 10.4. The second-order valence-electron chi connectivity index (χ2n) is 3.64. The summed E-state index contributed by atoms with van der Waals surface area (Å²) < 4.78 is 9.47. The summed E-state index contributed by atoms with van der Waals surface area (Å²) in [4.78, 5) is 22.9. The second-order valence-corrected chi connectivity index (χ2v) is 3.64. The normalized spacial score (nSPS) is 15.7. The van der Waals surface area contributed by atoms with Crippen molar-refractivity contribution in [1.82, 2.24) is 0 Å². The van der Waals surface area contributed by atoms with Crippen LogP contribution in [0.25, 0.3) is 0 Å². The van der Waals surface area contributed by atoms with Crippen LogP contribution < -0.4 is 0 Å². The van der Waals surface area contributed by atoms with Gasteiger partial charge in [0.25, 0.3) is 0 Å². The molecule has 0 saturated heterocycles. The van der Waals surface area contributed by atoms with Crippen LogP contribution in [0, 0.1) is 0 Å². The first-order valence-corrected chi connectivity index (χ1v) is 5.67. The smallest absolute Gasteiger partial charge is 0.337 e. The predicted octanol–water partition coefficient (Wildman–Crippen LogP) is 1.53. The Balaban J connectivity index is 2.86. The molecule has 0 amide bonds. The van der Waals surface area contributed by atoms with Gasteiger partial charge in [-0.2, -0.15) is 0 Å². The lowest BCUT2D eigenvalue weighted by atomic mass is 9.95. The van der Waals surface area contributed by atoms with Crippen molar-refractivity contribution in [3.8, 4) is 0 Å². The van der Waals surface area contributed by atoms with Crippen molar-refractivity contribution in [3.63, 3.8) is 0 Å². The molecule has 1 aliphatic carbocycles. The summed E-state index contributed by atoms with van der Waals surface area (Å²) in [6, 6.07) is 0. The lowest BCUT2D eigenvalue weighted by molar-refractivity contribution is -0.140. The fourth-order valence-electron chi connectivity index (χ4n) is 1.57. The highest BCUT2D eigenvalue weighted by Crippen LogP contribution is 2.28. The average molecular weight is 256 g/mol. The van der Waals surface area contributed by atoms with E-state index in [0.717, 1.165) is 0 Å². The van der Waals surface area contributed by atoms with Crippen molar-refractivity contribution >= 4 is 11.9 Å². The zero-order chi connectivity index (χ0) is 13.7. The Morgan fingerprint density at radius 3 is 1.56 bits per heavy atom. The molecule has 0 bridgehead atoms. The predicted molar refractivity (Wildman–Crippen MR) is 61.8 cm³/mol. The van der Waals surface area contributed by atoms with Gasteiger partial charge in [0, 0.05) is 12.8 Å². The number of carbonyl (C=O) groups is 2. The molecule has 1 aliphatic rings. The number of aliphatic hydroxyl groups is 2. The van der Waals surface area contributed by atoms with Gasteiger partial charge < -0.3 is 19.7 Å². The molecule has 2 N–H and O–H groups in total. The zero-order valence-electron chi connectivity index (χ0n) is 10.4. The number of esters is 2. The monoisotopic (exact) mass is 256 g/mol. The molecule has 0 spiro atoms. The van der Waals surface area contributed by atoms with Crippen LogP contribution in [0.4, 0.5) is 0 Å². The maximum absolute atomic E-state index is 11.5. The third kappa shape index (κ3) is 3.03. The van der Waals surface area contributed by atoms with E-state index in [1.165, 1.54) is 0 Å². The van der Waals surface area contributed by atoms with Gasteiger partial charge in [0.2, 0.25) is 0 Å². The van der Waals surface area contributed by atoms with E-state index in [1.807, 2.05) is 0 Å². The first-order valence-electron chi connectivity index (χ1n) is 5.67. The minimum Gasteiger partial charge on any atom is -0.511 e. The van der Waals surface area contributed by atoms with Crippen LogP contribution in [0.3, 0.4) is 0 Å². The molecule has 0 fully saturated rings. The maximum atomic E-state index is 11.5. The van der Waals surface area contributed by atoms with Gasteiger partial charge in [0.05, 0.1) is 24.4 Å². The highest BCUT2D eigenvalue weighted by Gasteiger charge is 2.29. The Morgan fingerprint density at radius 2 is 1.28 bits per heavy atom. The molecule has 0 saturated carbocycles. The number of hydrogen-bond donors (Lipinski definition) is 2. The van der Waals surface area contributed by atoms with Crippen LogP contribution in [0.15, 0.2) is 22.7 Å². The molecule has 0 atom stereocenters. The van der Waals surface area contributed by atoms with E-state index in [2.05, 4.69) is 0 Å². The molecule has 1 rings (SSSR count). The Bertz CT molecular complexity index is 378. The largest absolute Gasteiger partial charge is 0.511 e. The summed E-state index contributed by atoms with van der Waals surface area (Å²) >= 11 is 0. The van der Waals surface area contributed by atoms with E-state index in [9.17, 15) is 19.8 Å². The number of allylic oxidation sites excluding steroid dienone is 2. The molecular formula is C12H16O6. The Kier molecular flexibility index (Phi) is 4.76. The van der Waals surface area contributed by atoms with Crippen molar-refractivity contribution in [2.75, 3.05) is 13.2 Å². The fourth-order valence-corrected chi connectivity index (χ4v) is 1.57. The molecule has 0 aromatic carbocycles. The summed E-state index contributed by atoms with van der Waals surface area (Å²) in [6.07, 6.45) is -0.447. The van der Waals surface area contributed by atoms with Gasteiger partial charge in [-0.05, 0) is 13.8 Å². The SMILES string of the molecule is CCOC(=O)C1=C(O)CC(C(=O)OCC)=C(O)C1. The quantitative estimate of drug-likeness (QED) is 0.741. The molecule has 6 nitrogen and oxygen atoms in total. The number of hydrogen-bond acceptors (Lipinski definition) is 6. The third-order valence-electron chi connectivity index (χ3n) is 2.43. The molecule has 6 heteroatoms. The second kappa shape index (κ2) is 6.09. The molecule has 100 valence electrons. The Labute approximate surface area is 105 Å². The lowest BCUT2D eigenvalue weighted by Gasteiger charge is -2.17. The third-order valence-corrected chi connectivity index (χ3v) is 2.43. The highest BCUT2D eigenvalue weighted by molar-refractivity contribution is 5.94. The first kappa shape index (κ1) is 14.1. The van der Waals surface area contributed by atoms with Gasteiger partial charge >= 0.3 is 11.9 Å². The Morgan fingerprint density at radius 1 is 0.944 bits per heavy atom. The van der Waals surface area contributed by atoms with Gasteiger partial charge in [-0.15, -0.1) is 0 Å². The fraction of sp³-hybridized carbons (Fsp3) is 0.500. The van der Waals surface area contributed by atoms with Crippen molar-refractivity contribution < 1.29 is 29.3 Å². The molecule has 0 radical (unpaired) electrons. The minimum atomic E-state index is -0.690. The molecule has 0 unspecified atom stereocenters. The molecule has 0 aliphatic heterocycles. The van der Waals surface area contributed by atoms with Crippen molar-refractivity contribution in [1.29, 1.82) is 0 Å². The summed E-state index contributed by atoms with van der Waals surface area (Å²) in [5, 5.41) is 19.4. The lowest BCUT2D eigenvalue weighted by Crippen LogP contribution is -2.19. The standard InChI is InChI=1S/C12H16O6/c1-3-17-11(15)7-5-10(14)8(6-9(7)13)12(16)18-4-2/h13-14H,3-6H2,1-2H3. The molecule has 0 aromatic rings. The van der Waals surface area contributed by atoms with Crippen LogP contribution in [-0.4, -0.2) is 35.4 Å². The van der Waals surface area contributed by atoms with Crippen LogP contribution in [0.1, 0.15) is 26.7 Å². The summed E-state index contributed by atoms with van der Waals surface area (Å²) in [6.45, 7) is 3.62. The Hall–Kier alpha value is -1.98. The number of ether oxygens (including phenoxy) is 2. The number of aliphatic hydroxyl groups excluding tert-OH is 2. The molecule has 18 heavy (non-hydrogen) atoms.